The Morgan fingerprint density at radius 1 is 1.00 bits per heavy atom. The summed E-state index contributed by atoms with van der Waals surface area (Å²) >= 11 is 0. The van der Waals surface area contributed by atoms with Gasteiger partial charge >= 0.3 is 0 Å². The molecule has 2 bridgehead atoms. The van der Waals surface area contributed by atoms with Crippen molar-refractivity contribution in [1.82, 2.24) is 14.9 Å². The van der Waals surface area contributed by atoms with Crippen LogP contribution in [0.2, 0.25) is 0 Å². The van der Waals surface area contributed by atoms with Crippen molar-refractivity contribution in [2.45, 2.75) is 38.0 Å². The second-order valence-electron chi connectivity index (χ2n) is 8.84. The number of hydrogen-bond donors (Lipinski definition) is 1. The number of aliphatic hydroxyl groups is 1. The molecule has 3 atom stereocenters. The summed E-state index contributed by atoms with van der Waals surface area (Å²) in [5.41, 5.74) is 2.39. The number of aromatic nitrogens is 2. The van der Waals surface area contributed by atoms with Gasteiger partial charge in [-0.25, -0.2) is 0 Å². The summed E-state index contributed by atoms with van der Waals surface area (Å²) in [4.78, 5) is 11.1. The highest BCUT2D eigenvalue weighted by molar-refractivity contribution is 5.29. The Bertz CT molecular complexity index is 982. The molecular weight excluding hydrogens is 386 g/mol. The van der Waals surface area contributed by atoms with E-state index < -0.39 is 5.60 Å². The van der Waals surface area contributed by atoms with Gasteiger partial charge in [-0.3, -0.25) is 14.9 Å². The fourth-order valence-electron chi connectivity index (χ4n) is 5.38. The minimum Gasteiger partial charge on any atom is -0.487 e. The maximum atomic E-state index is 11.7. The first-order valence-corrected chi connectivity index (χ1v) is 11.2. The molecule has 1 aromatic carbocycles. The summed E-state index contributed by atoms with van der Waals surface area (Å²) < 4.78 is 5.96. The number of piperidine rings is 1. The summed E-state index contributed by atoms with van der Waals surface area (Å²) in [6.07, 6.45) is 8.74. The number of hydrogen-bond acceptors (Lipinski definition) is 5. The molecule has 2 aliphatic rings. The maximum absolute atomic E-state index is 11.7. The number of rotatable bonds is 6. The van der Waals surface area contributed by atoms with Crippen LogP contribution in [0.5, 0.6) is 5.75 Å². The third-order valence-corrected chi connectivity index (χ3v) is 6.85. The fourth-order valence-corrected chi connectivity index (χ4v) is 5.38. The maximum Gasteiger partial charge on any atom is 0.130 e. The molecule has 31 heavy (non-hydrogen) atoms. The molecule has 5 rings (SSSR count). The Kier molecular flexibility index (Phi) is 5.70. The van der Waals surface area contributed by atoms with Gasteiger partial charge in [0, 0.05) is 55.6 Å². The number of nitrogens with zero attached hydrogens (tertiary/aromatic N) is 3. The summed E-state index contributed by atoms with van der Waals surface area (Å²) in [6, 6.07) is 18.2. The van der Waals surface area contributed by atoms with Crippen LogP contribution in [0.1, 0.15) is 36.1 Å². The molecule has 1 unspecified atom stereocenters. The molecule has 1 aliphatic heterocycles. The molecule has 3 heterocycles. The van der Waals surface area contributed by atoms with Gasteiger partial charge in [-0.05, 0) is 48.7 Å². The van der Waals surface area contributed by atoms with Crippen molar-refractivity contribution in [2.24, 2.45) is 11.8 Å². The minimum atomic E-state index is -0.753. The predicted molar refractivity (Wildman–Crippen MR) is 119 cm³/mol. The highest BCUT2D eigenvalue weighted by atomic mass is 16.5. The van der Waals surface area contributed by atoms with Gasteiger partial charge in [0.15, 0.2) is 0 Å². The Morgan fingerprint density at radius 3 is 2.61 bits per heavy atom. The number of fused-ring (bicyclic) bond motifs is 2. The molecule has 0 radical (unpaired) electrons. The zero-order chi connectivity index (χ0) is 21.1. The third-order valence-electron chi connectivity index (χ3n) is 6.85. The van der Waals surface area contributed by atoms with Crippen LogP contribution < -0.4 is 4.74 Å². The van der Waals surface area contributed by atoms with Gasteiger partial charge < -0.3 is 9.84 Å². The van der Waals surface area contributed by atoms with Gasteiger partial charge in [0.05, 0.1) is 11.3 Å². The first kappa shape index (κ1) is 20.2. The van der Waals surface area contributed by atoms with Crippen molar-refractivity contribution < 1.29 is 9.84 Å². The van der Waals surface area contributed by atoms with Crippen molar-refractivity contribution in [2.75, 3.05) is 13.1 Å². The van der Waals surface area contributed by atoms with Crippen LogP contribution in [0.3, 0.4) is 0 Å². The topological polar surface area (TPSA) is 58.5 Å². The number of benzene rings is 1. The molecule has 1 N–H and O–H groups in total. The Balaban J connectivity index is 1.27. The average Bonchev–Trinajstić information content (AvgIpc) is 2.80. The minimum absolute atomic E-state index is 0.243. The summed E-state index contributed by atoms with van der Waals surface area (Å²) in [7, 11) is 0. The Labute approximate surface area is 183 Å². The molecule has 1 aliphatic carbocycles. The lowest BCUT2D eigenvalue weighted by atomic mass is 9.63. The zero-order valence-corrected chi connectivity index (χ0v) is 17.7. The van der Waals surface area contributed by atoms with E-state index in [9.17, 15) is 5.11 Å². The second-order valence-corrected chi connectivity index (χ2v) is 8.84. The molecule has 0 amide bonds. The van der Waals surface area contributed by atoms with Crippen LogP contribution in [-0.4, -0.2) is 33.1 Å². The molecule has 1 saturated carbocycles. The van der Waals surface area contributed by atoms with Crippen LogP contribution in [0.15, 0.2) is 73.2 Å². The van der Waals surface area contributed by atoms with Gasteiger partial charge in [-0.2, -0.15) is 0 Å². The highest BCUT2D eigenvalue weighted by Crippen LogP contribution is 2.49. The molecule has 5 heteroatoms. The SMILES string of the molecule is OC1(c2cccnc2)[C@@H]2CCC[C@H]1CN(Cc1cccc(OCc3ccccn3)c1)C2. The van der Waals surface area contributed by atoms with E-state index in [0.29, 0.717) is 6.61 Å². The van der Waals surface area contributed by atoms with Crippen molar-refractivity contribution in [3.63, 3.8) is 0 Å². The standard InChI is InChI=1S/C26H29N3O2/c30-26(21-9-5-12-27-15-21)22-7-4-8-23(26)18-29(17-22)16-20-6-3-11-25(14-20)31-19-24-10-1-2-13-28-24/h1-3,5-6,9-15,22-23,30H,4,7-8,16-19H2/t22-,23+,26?. The van der Waals surface area contributed by atoms with Crippen LogP contribution in [0.4, 0.5) is 0 Å². The monoisotopic (exact) mass is 415 g/mol. The fraction of sp³-hybridized carbons (Fsp3) is 0.385. The Hall–Kier alpha value is -2.76. The molecule has 5 nitrogen and oxygen atoms in total. The van der Waals surface area contributed by atoms with E-state index in [-0.39, 0.29) is 11.8 Å². The highest BCUT2D eigenvalue weighted by Gasteiger charge is 2.51. The zero-order valence-electron chi connectivity index (χ0n) is 17.7. The first-order valence-electron chi connectivity index (χ1n) is 11.2. The number of pyridine rings is 2. The predicted octanol–water partition coefficient (Wildman–Crippen LogP) is 4.18. The van der Waals surface area contributed by atoms with E-state index in [2.05, 4.69) is 33.1 Å². The van der Waals surface area contributed by atoms with Crippen molar-refractivity contribution >= 4 is 0 Å². The first-order chi connectivity index (χ1) is 15.2. The van der Waals surface area contributed by atoms with E-state index in [1.54, 1.807) is 12.4 Å². The molecule has 1 saturated heterocycles. The Morgan fingerprint density at radius 2 is 1.87 bits per heavy atom. The molecule has 3 aromatic rings. The smallest absolute Gasteiger partial charge is 0.130 e. The number of ether oxygens (including phenoxy) is 1. The average molecular weight is 416 g/mol. The van der Waals surface area contributed by atoms with Gasteiger partial charge in [0.2, 0.25) is 0 Å². The lowest BCUT2D eigenvalue weighted by Crippen LogP contribution is -2.57. The van der Waals surface area contributed by atoms with Gasteiger partial charge in [-0.15, -0.1) is 0 Å². The quantitative estimate of drug-likeness (QED) is 0.655. The van der Waals surface area contributed by atoms with Crippen LogP contribution in [0, 0.1) is 11.8 Å². The number of likely N-dealkylation sites (tertiary alicyclic amines) is 1. The van der Waals surface area contributed by atoms with Gasteiger partial charge in [0.25, 0.3) is 0 Å². The lowest BCUT2D eigenvalue weighted by Gasteiger charge is -2.53. The molecule has 2 aromatic heterocycles. The molecular formula is C26H29N3O2. The summed E-state index contributed by atoms with van der Waals surface area (Å²) in [5.74, 6) is 1.35. The van der Waals surface area contributed by atoms with E-state index in [0.717, 1.165) is 49.5 Å². The molecule has 0 spiro atoms. The van der Waals surface area contributed by atoms with E-state index in [1.807, 2.05) is 42.6 Å². The molecule has 160 valence electrons. The van der Waals surface area contributed by atoms with E-state index in [1.165, 1.54) is 12.0 Å². The largest absolute Gasteiger partial charge is 0.487 e. The summed E-state index contributed by atoms with van der Waals surface area (Å²) in [5, 5.41) is 11.7. The second kappa shape index (κ2) is 8.77. The van der Waals surface area contributed by atoms with E-state index in [4.69, 9.17) is 4.74 Å². The summed E-state index contributed by atoms with van der Waals surface area (Å²) in [6.45, 7) is 3.15. The van der Waals surface area contributed by atoms with Crippen LogP contribution in [0.25, 0.3) is 0 Å². The van der Waals surface area contributed by atoms with Crippen LogP contribution >= 0.6 is 0 Å². The third kappa shape index (κ3) is 4.21. The van der Waals surface area contributed by atoms with Gasteiger partial charge in [0.1, 0.15) is 12.4 Å². The van der Waals surface area contributed by atoms with Crippen molar-refractivity contribution in [3.8, 4) is 5.75 Å². The van der Waals surface area contributed by atoms with Crippen molar-refractivity contribution in [3.05, 3.63) is 90.0 Å². The molecule has 2 fully saturated rings. The lowest BCUT2D eigenvalue weighted by molar-refractivity contribution is -0.148. The van der Waals surface area contributed by atoms with E-state index >= 15 is 0 Å². The normalized spacial score (nSPS) is 25.8. The van der Waals surface area contributed by atoms with Crippen LogP contribution in [-0.2, 0) is 18.8 Å². The van der Waals surface area contributed by atoms with Gasteiger partial charge in [-0.1, -0.05) is 30.7 Å². The van der Waals surface area contributed by atoms with Crippen molar-refractivity contribution in [1.29, 1.82) is 0 Å².